The van der Waals surface area contributed by atoms with Crippen LogP contribution in [0.4, 0.5) is 5.69 Å². The molecule has 96 valence electrons. The number of rotatable bonds is 3. The third-order valence-corrected chi connectivity index (χ3v) is 3.46. The van der Waals surface area contributed by atoms with Crippen molar-refractivity contribution in [2.75, 3.05) is 18.4 Å². The summed E-state index contributed by atoms with van der Waals surface area (Å²) in [6.45, 7) is 2.63. The Morgan fingerprint density at radius 3 is 2.94 bits per heavy atom. The predicted octanol–water partition coefficient (Wildman–Crippen LogP) is 2.21. The largest absolute Gasteiger partial charge is 0.333 e. The lowest BCUT2D eigenvalue weighted by atomic mass is 10.2. The third kappa shape index (κ3) is 2.82. The van der Waals surface area contributed by atoms with E-state index in [2.05, 4.69) is 5.32 Å². The second-order valence-electron chi connectivity index (χ2n) is 4.38. The van der Waals surface area contributed by atoms with E-state index in [1.807, 2.05) is 6.92 Å². The van der Waals surface area contributed by atoms with Crippen molar-refractivity contribution in [2.24, 2.45) is 0 Å². The highest BCUT2D eigenvalue weighted by Gasteiger charge is 2.22. The molecule has 1 aliphatic heterocycles. The SMILES string of the molecule is Cc1c(Cl)cccc1NC(=O)CN1CCCC1=O. The number of carbonyl (C=O) groups excluding carboxylic acids is 2. The topological polar surface area (TPSA) is 49.4 Å². The minimum absolute atomic E-state index is 0.0490. The number of hydrogen-bond donors (Lipinski definition) is 1. The van der Waals surface area contributed by atoms with Crippen LogP contribution < -0.4 is 5.32 Å². The lowest BCUT2D eigenvalue weighted by Gasteiger charge is -2.16. The van der Waals surface area contributed by atoms with Crippen LogP contribution in [0, 0.1) is 6.92 Å². The molecule has 2 rings (SSSR count). The van der Waals surface area contributed by atoms with Gasteiger partial charge in [-0.3, -0.25) is 9.59 Å². The maximum Gasteiger partial charge on any atom is 0.244 e. The number of halogens is 1. The van der Waals surface area contributed by atoms with Gasteiger partial charge < -0.3 is 10.2 Å². The second kappa shape index (κ2) is 5.40. The number of carbonyl (C=O) groups is 2. The van der Waals surface area contributed by atoms with Crippen LogP contribution >= 0.6 is 11.6 Å². The van der Waals surface area contributed by atoms with E-state index >= 15 is 0 Å². The summed E-state index contributed by atoms with van der Waals surface area (Å²) < 4.78 is 0. The van der Waals surface area contributed by atoms with Crippen molar-refractivity contribution >= 4 is 29.1 Å². The van der Waals surface area contributed by atoms with Crippen LogP contribution in [-0.4, -0.2) is 29.8 Å². The van der Waals surface area contributed by atoms with Crippen molar-refractivity contribution in [3.63, 3.8) is 0 Å². The molecule has 1 aromatic carbocycles. The van der Waals surface area contributed by atoms with Crippen molar-refractivity contribution in [3.8, 4) is 0 Å². The van der Waals surface area contributed by atoms with E-state index in [0.29, 0.717) is 23.7 Å². The minimum atomic E-state index is -0.185. The summed E-state index contributed by atoms with van der Waals surface area (Å²) in [5, 5.41) is 3.40. The Morgan fingerprint density at radius 1 is 1.50 bits per heavy atom. The summed E-state index contributed by atoms with van der Waals surface area (Å²) >= 11 is 5.97. The number of anilines is 1. The zero-order valence-electron chi connectivity index (χ0n) is 10.2. The molecule has 0 atom stereocenters. The van der Waals surface area contributed by atoms with E-state index in [1.165, 1.54) is 0 Å². The van der Waals surface area contributed by atoms with Crippen molar-refractivity contribution in [1.29, 1.82) is 0 Å². The number of likely N-dealkylation sites (tertiary alicyclic amines) is 1. The molecule has 1 saturated heterocycles. The molecule has 5 heteroatoms. The van der Waals surface area contributed by atoms with Gasteiger partial charge in [0.15, 0.2) is 0 Å². The fraction of sp³-hybridized carbons (Fsp3) is 0.385. The van der Waals surface area contributed by atoms with E-state index in [9.17, 15) is 9.59 Å². The van der Waals surface area contributed by atoms with Crippen molar-refractivity contribution in [3.05, 3.63) is 28.8 Å². The Labute approximate surface area is 111 Å². The lowest BCUT2D eigenvalue weighted by Crippen LogP contribution is -2.34. The first-order chi connectivity index (χ1) is 8.58. The highest BCUT2D eigenvalue weighted by molar-refractivity contribution is 6.31. The molecule has 2 amide bonds. The normalized spacial score (nSPS) is 15.0. The van der Waals surface area contributed by atoms with Gasteiger partial charge in [-0.25, -0.2) is 0 Å². The molecule has 4 nitrogen and oxygen atoms in total. The van der Waals surface area contributed by atoms with Crippen LogP contribution in [0.1, 0.15) is 18.4 Å². The zero-order chi connectivity index (χ0) is 13.1. The number of hydrogen-bond acceptors (Lipinski definition) is 2. The molecule has 0 aromatic heterocycles. The van der Waals surface area contributed by atoms with Crippen LogP contribution in [0.2, 0.25) is 5.02 Å². The maximum atomic E-state index is 11.8. The molecular formula is C13H15ClN2O2. The van der Waals surface area contributed by atoms with Crippen LogP contribution in [0.15, 0.2) is 18.2 Å². The Kier molecular flexibility index (Phi) is 3.87. The molecule has 1 aliphatic rings. The van der Waals surface area contributed by atoms with Crippen molar-refractivity contribution < 1.29 is 9.59 Å². The minimum Gasteiger partial charge on any atom is -0.333 e. The van der Waals surface area contributed by atoms with Gasteiger partial charge in [-0.1, -0.05) is 17.7 Å². The predicted molar refractivity (Wildman–Crippen MR) is 70.6 cm³/mol. The summed E-state index contributed by atoms with van der Waals surface area (Å²) in [7, 11) is 0. The number of nitrogens with one attached hydrogen (secondary N) is 1. The number of amides is 2. The van der Waals surface area contributed by atoms with Crippen LogP contribution in [0.25, 0.3) is 0 Å². The fourth-order valence-electron chi connectivity index (χ4n) is 1.98. The van der Waals surface area contributed by atoms with Gasteiger partial charge in [0.2, 0.25) is 11.8 Å². The molecule has 0 aliphatic carbocycles. The summed E-state index contributed by atoms with van der Waals surface area (Å²) in [6, 6.07) is 5.35. The highest BCUT2D eigenvalue weighted by Crippen LogP contribution is 2.22. The first-order valence-electron chi connectivity index (χ1n) is 5.90. The van der Waals surface area contributed by atoms with E-state index in [0.717, 1.165) is 12.0 Å². The first kappa shape index (κ1) is 12.9. The average Bonchev–Trinajstić information content (AvgIpc) is 2.71. The van der Waals surface area contributed by atoms with E-state index in [4.69, 9.17) is 11.6 Å². The Bertz CT molecular complexity index is 488. The maximum absolute atomic E-state index is 11.8. The van der Waals surface area contributed by atoms with Gasteiger partial charge in [-0.2, -0.15) is 0 Å². The lowest BCUT2D eigenvalue weighted by molar-refractivity contribution is -0.131. The standard InChI is InChI=1S/C13H15ClN2O2/c1-9-10(14)4-2-5-11(9)15-12(17)8-16-7-3-6-13(16)18/h2,4-5H,3,6-8H2,1H3,(H,15,17). The van der Waals surface area contributed by atoms with Gasteiger partial charge in [0.05, 0.1) is 6.54 Å². The van der Waals surface area contributed by atoms with Crippen molar-refractivity contribution in [1.82, 2.24) is 4.90 Å². The van der Waals surface area contributed by atoms with Gasteiger partial charge in [-0.05, 0) is 31.0 Å². The molecule has 0 bridgehead atoms. The number of nitrogens with zero attached hydrogens (tertiary/aromatic N) is 1. The van der Waals surface area contributed by atoms with Crippen LogP contribution in [-0.2, 0) is 9.59 Å². The molecule has 1 heterocycles. The molecule has 1 N–H and O–H groups in total. The van der Waals surface area contributed by atoms with E-state index in [1.54, 1.807) is 23.1 Å². The Hall–Kier alpha value is -1.55. The molecule has 0 spiro atoms. The Morgan fingerprint density at radius 2 is 2.28 bits per heavy atom. The summed E-state index contributed by atoms with van der Waals surface area (Å²) in [6.07, 6.45) is 1.38. The second-order valence-corrected chi connectivity index (χ2v) is 4.79. The molecule has 1 aromatic rings. The highest BCUT2D eigenvalue weighted by atomic mass is 35.5. The van der Waals surface area contributed by atoms with E-state index in [-0.39, 0.29) is 18.4 Å². The third-order valence-electron chi connectivity index (χ3n) is 3.05. The fourth-order valence-corrected chi connectivity index (χ4v) is 2.15. The van der Waals surface area contributed by atoms with Crippen molar-refractivity contribution in [2.45, 2.75) is 19.8 Å². The molecular weight excluding hydrogens is 252 g/mol. The summed E-state index contributed by atoms with van der Waals surface area (Å²) in [5.41, 5.74) is 1.53. The number of benzene rings is 1. The average molecular weight is 267 g/mol. The van der Waals surface area contributed by atoms with Gasteiger partial charge in [0, 0.05) is 23.7 Å². The van der Waals surface area contributed by atoms with Gasteiger partial charge in [0.1, 0.15) is 0 Å². The molecule has 0 radical (unpaired) electrons. The van der Waals surface area contributed by atoms with Crippen LogP contribution in [0.5, 0.6) is 0 Å². The first-order valence-corrected chi connectivity index (χ1v) is 6.28. The van der Waals surface area contributed by atoms with Gasteiger partial charge in [0.25, 0.3) is 0 Å². The molecule has 0 saturated carbocycles. The smallest absolute Gasteiger partial charge is 0.244 e. The zero-order valence-corrected chi connectivity index (χ0v) is 11.0. The monoisotopic (exact) mass is 266 g/mol. The van der Waals surface area contributed by atoms with Crippen LogP contribution in [0.3, 0.4) is 0 Å². The molecule has 0 unspecified atom stereocenters. The Balaban J connectivity index is 1.99. The van der Waals surface area contributed by atoms with E-state index < -0.39 is 0 Å². The van der Waals surface area contributed by atoms with Gasteiger partial charge in [-0.15, -0.1) is 0 Å². The molecule has 1 fully saturated rings. The van der Waals surface area contributed by atoms with Gasteiger partial charge >= 0.3 is 0 Å². The molecule has 18 heavy (non-hydrogen) atoms. The summed E-state index contributed by atoms with van der Waals surface area (Å²) in [4.78, 5) is 24.8. The summed E-state index contributed by atoms with van der Waals surface area (Å²) in [5.74, 6) is -0.136. The quantitative estimate of drug-likeness (QED) is 0.912.